The first-order valence-electron chi connectivity index (χ1n) is 9.75. The standard InChI is InChI=1S/C23H22F2N2O2/c24-23(25)15-22(16-23)10-11-27(21(28)29-14-18-4-2-1-3-5-18)20(12-22)19-8-6-17(13-26)7-9-19/h1-9,20H,10-12,14-16H2/t20-/m0/s1. The highest BCUT2D eigenvalue weighted by Gasteiger charge is 2.59. The second kappa shape index (κ2) is 7.47. The van der Waals surface area contributed by atoms with Gasteiger partial charge in [0.15, 0.2) is 0 Å². The van der Waals surface area contributed by atoms with Gasteiger partial charge in [-0.3, -0.25) is 0 Å². The molecule has 2 aromatic carbocycles. The predicted octanol–water partition coefficient (Wildman–Crippen LogP) is 5.45. The van der Waals surface area contributed by atoms with Gasteiger partial charge in [-0.2, -0.15) is 5.26 Å². The highest BCUT2D eigenvalue weighted by Crippen LogP contribution is 2.60. The van der Waals surface area contributed by atoms with Gasteiger partial charge in [-0.1, -0.05) is 42.5 Å². The largest absolute Gasteiger partial charge is 0.445 e. The zero-order chi connectivity index (χ0) is 20.5. The maximum atomic E-state index is 13.6. The van der Waals surface area contributed by atoms with Crippen molar-refractivity contribution in [3.63, 3.8) is 0 Å². The van der Waals surface area contributed by atoms with Gasteiger partial charge in [-0.25, -0.2) is 13.6 Å². The number of likely N-dealkylation sites (tertiary alicyclic amines) is 1. The summed E-state index contributed by atoms with van der Waals surface area (Å²) in [5.41, 5.74) is 1.82. The molecule has 0 N–H and O–H groups in total. The van der Waals surface area contributed by atoms with Crippen LogP contribution in [0.5, 0.6) is 0 Å². The van der Waals surface area contributed by atoms with Crippen LogP contribution in [-0.4, -0.2) is 23.5 Å². The third-order valence-corrected chi connectivity index (χ3v) is 6.02. The summed E-state index contributed by atoms with van der Waals surface area (Å²) in [6.07, 6.45) is 0.341. The van der Waals surface area contributed by atoms with Crippen molar-refractivity contribution < 1.29 is 18.3 Å². The van der Waals surface area contributed by atoms with Gasteiger partial charge < -0.3 is 9.64 Å². The van der Waals surface area contributed by atoms with Gasteiger partial charge in [0.2, 0.25) is 5.92 Å². The highest BCUT2D eigenvalue weighted by atomic mass is 19.3. The molecule has 0 radical (unpaired) electrons. The Balaban J connectivity index is 1.52. The number of alkyl halides is 2. The van der Waals surface area contributed by atoms with Crippen LogP contribution < -0.4 is 0 Å². The number of hydrogen-bond acceptors (Lipinski definition) is 3. The molecule has 2 aromatic rings. The van der Waals surface area contributed by atoms with Crippen molar-refractivity contribution in [2.24, 2.45) is 5.41 Å². The minimum absolute atomic E-state index is 0.125. The van der Waals surface area contributed by atoms with Gasteiger partial charge in [-0.15, -0.1) is 0 Å². The molecule has 0 aromatic heterocycles. The van der Waals surface area contributed by atoms with Crippen molar-refractivity contribution in [3.05, 3.63) is 71.3 Å². The van der Waals surface area contributed by atoms with Gasteiger partial charge in [0.1, 0.15) is 6.61 Å². The Kier molecular flexibility index (Phi) is 4.99. The molecule has 2 fully saturated rings. The molecule has 1 aliphatic heterocycles. The molecular weight excluding hydrogens is 374 g/mol. The number of piperidine rings is 1. The summed E-state index contributed by atoms with van der Waals surface area (Å²) in [4.78, 5) is 14.5. The van der Waals surface area contributed by atoms with E-state index in [1.807, 2.05) is 30.3 Å². The summed E-state index contributed by atoms with van der Waals surface area (Å²) in [6.45, 7) is 0.549. The molecule has 1 saturated carbocycles. The number of halogens is 2. The number of nitrogens with zero attached hydrogens (tertiary/aromatic N) is 2. The van der Waals surface area contributed by atoms with Crippen LogP contribution in [0.15, 0.2) is 54.6 Å². The maximum absolute atomic E-state index is 13.6. The first-order valence-corrected chi connectivity index (χ1v) is 9.75. The summed E-state index contributed by atoms with van der Waals surface area (Å²) in [5.74, 6) is -2.61. The smallest absolute Gasteiger partial charge is 0.410 e. The van der Waals surface area contributed by atoms with Crippen LogP contribution in [0.4, 0.5) is 13.6 Å². The molecule has 0 unspecified atom stereocenters. The molecule has 1 spiro atoms. The average molecular weight is 396 g/mol. The minimum Gasteiger partial charge on any atom is -0.445 e. The van der Waals surface area contributed by atoms with Gasteiger partial charge in [-0.05, 0) is 41.5 Å². The van der Waals surface area contributed by atoms with Crippen LogP contribution >= 0.6 is 0 Å². The van der Waals surface area contributed by atoms with Gasteiger partial charge in [0.05, 0.1) is 17.7 Å². The van der Waals surface area contributed by atoms with Crippen LogP contribution in [0, 0.1) is 16.7 Å². The molecule has 150 valence electrons. The summed E-state index contributed by atoms with van der Waals surface area (Å²) in [7, 11) is 0. The Morgan fingerprint density at radius 3 is 2.45 bits per heavy atom. The van der Waals surface area contributed by atoms with Crippen LogP contribution in [0.25, 0.3) is 0 Å². The van der Waals surface area contributed by atoms with Crippen molar-refractivity contribution in [2.45, 2.75) is 44.3 Å². The molecule has 0 bridgehead atoms. The fourth-order valence-electron chi connectivity index (χ4n) is 4.60. The molecule has 4 rings (SSSR count). The zero-order valence-corrected chi connectivity index (χ0v) is 16.0. The number of rotatable bonds is 3. The lowest BCUT2D eigenvalue weighted by Gasteiger charge is -2.54. The first-order chi connectivity index (χ1) is 13.9. The van der Waals surface area contributed by atoms with E-state index in [4.69, 9.17) is 10.00 Å². The number of carbonyl (C=O) groups is 1. The summed E-state index contributed by atoms with van der Waals surface area (Å²) < 4.78 is 32.7. The lowest BCUT2D eigenvalue weighted by atomic mass is 9.59. The normalized spacial score (nSPS) is 21.8. The minimum atomic E-state index is -2.61. The zero-order valence-electron chi connectivity index (χ0n) is 16.0. The van der Waals surface area contributed by atoms with E-state index in [1.54, 1.807) is 29.2 Å². The van der Waals surface area contributed by atoms with Gasteiger partial charge in [0.25, 0.3) is 0 Å². The van der Waals surface area contributed by atoms with E-state index < -0.39 is 17.4 Å². The van der Waals surface area contributed by atoms with E-state index in [0.717, 1.165) is 11.1 Å². The number of amides is 1. The number of hydrogen-bond donors (Lipinski definition) is 0. The SMILES string of the molecule is N#Cc1ccc([C@@H]2CC3(CCN2C(=O)OCc2ccccc2)CC(F)(F)C3)cc1. The van der Waals surface area contributed by atoms with Crippen molar-refractivity contribution in [1.82, 2.24) is 4.90 Å². The molecule has 2 aliphatic rings. The maximum Gasteiger partial charge on any atom is 0.410 e. The van der Waals surface area contributed by atoms with E-state index in [2.05, 4.69) is 6.07 Å². The van der Waals surface area contributed by atoms with E-state index >= 15 is 0 Å². The molecule has 6 heteroatoms. The van der Waals surface area contributed by atoms with Crippen LogP contribution in [0.2, 0.25) is 0 Å². The third kappa shape index (κ3) is 4.09. The predicted molar refractivity (Wildman–Crippen MR) is 103 cm³/mol. The highest BCUT2D eigenvalue weighted by molar-refractivity contribution is 5.68. The van der Waals surface area contributed by atoms with Crippen LogP contribution in [0.1, 0.15) is 48.4 Å². The summed E-state index contributed by atoms with van der Waals surface area (Å²) in [5, 5.41) is 9.03. The van der Waals surface area contributed by atoms with Gasteiger partial charge >= 0.3 is 6.09 Å². The third-order valence-electron chi connectivity index (χ3n) is 6.02. The average Bonchev–Trinajstić information content (AvgIpc) is 2.71. The molecule has 4 nitrogen and oxygen atoms in total. The van der Waals surface area contributed by atoms with Crippen molar-refractivity contribution in [3.8, 4) is 6.07 Å². The Bertz CT molecular complexity index is 914. The van der Waals surface area contributed by atoms with Crippen molar-refractivity contribution in [2.75, 3.05) is 6.54 Å². The topological polar surface area (TPSA) is 53.3 Å². The van der Waals surface area contributed by atoms with Crippen molar-refractivity contribution >= 4 is 6.09 Å². The molecule has 1 atom stereocenters. The summed E-state index contributed by atoms with van der Waals surface area (Å²) >= 11 is 0. The second-order valence-electron chi connectivity index (χ2n) is 8.15. The Hall–Kier alpha value is -2.94. The van der Waals surface area contributed by atoms with E-state index in [-0.39, 0.29) is 25.5 Å². The lowest BCUT2D eigenvalue weighted by molar-refractivity contribution is -0.183. The Morgan fingerprint density at radius 2 is 1.83 bits per heavy atom. The van der Waals surface area contributed by atoms with E-state index in [0.29, 0.717) is 24.9 Å². The molecule has 1 aliphatic carbocycles. The van der Waals surface area contributed by atoms with E-state index in [9.17, 15) is 13.6 Å². The lowest BCUT2D eigenvalue weighted by Crippen LogP contribution is -2.54. The number of benzene rings is 2. The molecular formula is C23H22F2N2O2. The Morgan fingerprint density at radius 1 is 1.14 bits per heavy atom. The molecule has 1 saturated heterocycles. The quantitative estimate of drug-likeness (QED) is 0.693. The number of nitriles is 1. The number of carbonyl (C=O) groups excluding carboxylic acids is 1. The number of ether oxygens (including phenoxy) is 1. The second-order valence-corrected chi connectivity index (χ2v) is 8.15. The first kappa shape index (κ1) is 19.4. The molecule has 1 heterocycles. The summed E-state index contributed by atoms with van der Waals surface area (Å²) in [6, 6.07) is 18.1. The van der Waals surface area contributed by atoms with Crippen molar-refractivity contribution in [1.29, 1.82) is 5.26 Å². The van der Waals surface area contributed by atoms with Crippen LogP contribution in [0.3, 0.4) is 0 Å². The fraction of sp³-hybridized carbons (Fsp3) is 0.391. The molecule has 1 amide bonds. The Labute approximate surface area is 168 Å². The van der Waals surface area contributed by atoms with Crippen LogP contribution in [-0.2, 0) is 11.3 Å². The van der Waals surface area contributed by atoms with Gasteiger partial charge in [0, 0.05) is 19.4 Å². The monoisotopic (exact) mass is 396 g/mol. The molecule has 29 heavy (non-hydrogen) atoms. The van der Waals surface area contributed by atoms with E-state index in [1.165, 1.54) is 0 Å². The fourth-order valence-corrected chi connectivity index (χ4v) is 4.60.